The minimum absolute atomic E-state index is 0.223. The van der Waals surface area contributed by atoms with E-state index in [0.29, 0.717) is 0 Å². The van der Waals surface area contributed by atoms with Gasteiger partial charge in [-0.25, -0.2) is 4.79 Å². The van der Waals surface area contributed by atoms with Gasteiger partial charge in [-0.15, -0.1) is 0 Å². The lowest BCUT2D eigenvalue weighted by Crippen LogP contribution is -2.48. The molecule has 0 atom stereocenters. The summed E-state index contributed by atoms with van der Waals surface area (Å²) in [6.07, 6.45) is 2.26. The van der Waals surface area contributed by atoms with Gasteiger partial charge in [0.25, 0.3) is 0 Å². The van der Waals surface area contributed by atoms with Crippen LogP contribution in [0.3, 0.4) is 0 Å². The Morgan fingerprint density at radius 1 is 1.41 bits per heavy atom. The standard InChI is InChI=1S/C12H24N2O2Si/c1-3-16-12(15)14-9-7-13(8-10-14)6-5-11-17-4-2/h3H,1,4-11,17H2,2H3. The molecule has 0 saturated carbocycles. The molecule has 0 aliphatic carbocycles. The van der Waals surface area contributed by atoms with Crippen molar-refractivity contribution in [2.75, 3.05) is 32.7 Å². The van der Waals surface area contributed by atoms with Crippen molar-refractivity contribution < 1.29 is 9.53 Å². The van der Waals surface area contributed by atoms with E-state index in [4.69, 9.17) is 4.74 Å². The zero-order valence-corrected chi connectivity index (χ0v) is 12.3. The fourth-order valence-corrected chi connectivity index (χ4v) is 3.14. The van der Waals surface area contributed by atoms with Crippen molar-refractivity contribution in [3.63, 3.8) is 0 Å². The molecule has 0 aromatic rings. The highest BCUT2D eigenvalue weighted by molar-refractivity contribution is 6.35. The number of ether oxygens (including phenoxy) is 1. The fourth-order valence-electron chi connectivity index (χ4n) is 2.06. The Hall–Kier alpha value is -0.813. The lowest BCUT2D eigenvalue weighted by atomic mass is 10.3. The molecule has 0 aromatic heterocycles. The number of rotatable bonds is 6. The number of hydrogen-bond acceptors (Lipinski definition) is 3. The predicted octanol–water partition coefficient (Wildman–Crippen LogP) is 1.30. The van der Waals surface area contributed by atoms with Crippen LogP contribution in [0.1, 0.15) is 13.3 Å². The highest BCUT2D eigenvalue weighted by Crippen LogP contribution is 2.05. The first kappa shape index (κ1) is 14.2. The summed E-state index contributed by atoms with van der Waals surface area (Å²) in [4.78, 5) is 15.6. The van der Waals surface area contributed by atoms with Crippen LogP contribution in [0.15, 0.2) is 12.8 Å². The first-order valence-electron chi connectivity index (χ1n) is 6.56. The van der Waals surface area contributed by atoms with Crippen molar-refractivity contribution >= 4 is 15.6 Å². The van der Waals surface area contributed by atoms with Gasteiger partial charge in [-0.1, -0.05) is 25.6 Å². The van der Waals surface area contributed by atoms with Gasteiger partial charge in [0.2, 0.25) is 0 Å². The summed E-state index contributed by atoms with van der Waals surface area (Å²) < 4.78 is 4.77. The van der Waals surface area contributed by atoms with Gasteiger partial charge in [-0.3, -0.25) is 4.90 Å². The maximum atomic E-state index is 11.4. The van der Waals surface area contributed by atoms with E-state index in [1.54, 1.807) is 4.90 Å². The quantitative estimate of drug-likeness (QED) is 0.408. The molecule has 1 heterocycles. The minimum atomic E-state index is -0.266. The largest absolute Gasteiger partial charge is 0.419 e. The molecule has 0 N–H and O–H groups in total. The monoisotopic (exact) mass is 256 g/mol. The van der Waals surface area contributed by atoms with Crippen LogP contribution < -0.4 is 0 Å². The smallest absolute Gasteiger partial charge is 0.414 e. The van der Waals surface area contributed by atoms with Gasteiger partial charge >= 0.3 is 6.09 Å². The number of carbonyl (C=O) groups excluding carboxylic acids is 1. The molecule has 4 nitrogen and oxygen atoms in total. The Morgan fingerprint density at radius 2 is 2.12 bits per heavy atom. The van der Waals surface area contributed by atoms with Crippen LogP contribution in [0.5, 0.6) is 0 Å². The summed E-state index contributed by atoms with van der Waals surface area (Å²) in [5, 5.41) is 0. The molecular weight excluding hydrogens is 232 g/mol. The normalized spacial score (nSPS) is 17.6. The van der Waals surface area contributed by atoms with E-state index in [9.17, 15) is 4.79 Å². The molecule has 1 saturated heterocycles. The Labute approximate surface area is 106 Å². The molecule has 5 heteroatoms. The Morgan fingerprint density at radius 3 is 2.71 bits per heavy atom. The van der Waals surface area contributed by atoms with Crippen LogP contribution in [0, 0.1) is 0 Å². The van der Waals surface area contributed by atoms with Crippen LogP contribution >= 0.6 is 0 Å². The van der Waals surface area contributed by atoms with E-state index >= 15 is 0 Å². The van der Waals surface area contributed by atoms with Crippen molar-refractivity contribution in [1.29, 1.82) is 0 Å². The Balaban J connectivity index is 2.12. The topological polar surface area (TPSA) is 32.8 Å². The SMILES string of the molecule is C=COC(=O)N1CCN(CCC[SiH2]CC)CC1. The maximum Gasteiger partial charge on any atom is 0.414 e. The first-order valence-corrected chi connectivity index (χ1v) is 8.56. The highest BCUT2D eigenvalue weighted by Gasteiger charge is 2.20. The summed E-state index contributed by atoms with van der Waals surface area (Å²) in [5.74, 6) is 0. The second-order valence-electron chi connectivity index (χ2n) is 4.44. The van der Waals surface area contributed by atoms with Crippen LogP contribution in [0.25, 0.3) is 0 Å². The van der Waals surface area contributed by atoms with Gasteiger partial charge in [0.15, 0.2) is 0 Å². The van der Waals surface area contributed by atoms with Gasteiger partial charge in [-0.05, 0) is 13.0 Å². The third-order valence-electron chi connectivity index (χ3n) is 3.14. The lowest BCUT2D eigenvalue weighted by Gasteiger charge is -2.33. The zero-order valence-electron chi connectivity index (χ0n) is 10.9. The average molecular weight is 256 g/mol. The summed E-state index contributed by atoms with van der Waals surface area (Å²) in [7, 11) is 0.223. The molecule has 1 rings (SSSR count). The van der Waals surface area contributed by atoms with Crippen molar-refractivity contribution in [2.24, 2.45) is 0 Å². The molecule has 0 bridgehead atoms. The highest BCUT2D eigenvalue weighted by atomic mass is 28.2. The van der Waals surface area contributed by atoms with Gasteiger partial charge in [-0.2, -0.15) is 0 Å². The number of hydrogen-bond donors (Lipinski definition) is 0. The molecule has 1 aliphatic rings. The summed E-state index contributed by atoms with van der Waals surface area (Å²) in [6, 6.07) is 2.87. The minimum Gasteiger partial charge on any atom is -0.419 e. The second kappa shape index (κ2) is 8.30. The predicted molar refractivity (Wildman–Crippen MR) is 73.1 cm³/mol. The molecule has 0 aromatic carbocycles. The Bertz CT molecular complexity index is 241. The van der Waals surface area contributed by atoms with E-state index in [2.05, 4.69) is 18.4 Å². The number of nitrogens with zero attached hydrogens (tertiary/aromatic N) is 2. The van der Waals surface area contributed by atoms with Gasteiger partial charge < -0.3 is 9.64 Å². The van der Waals surface area contributed by atoms with Crippen LogP contribution in [-0.4, -0.2) is 58.1 Å². The number of amides is 1. The van der Waals surface area contributed by atoms with Gasteiger partial charge in [0.1, 0.15) is 0 Å². The van der Waals surface area contributed by atoms with Crippen molar-refractivity contribution in [1.82, 2.24) is 9.80 Å². The third-order valence-corrected chi connectivity index (χ3v) is 4.85. The first-order chi connectivity index (χ1) is 8.27. The number of piperazine rings is 1. The second-order valence-corrected chi connectivity index (χ2v) is 6.85. The summed E-state index contributed by atoms with van der Waals surface area (Å²) >= 11 is 0. The fraction of sp³-hybridized carbons (Fsp3) is 0.750. The van der Waals surface area contributed by atoms with Gasteiger partial charge in [0, 0.05) is 35.7 Å². The molecule has 1 amide bonds. The number of carbonyl (C=O) groups is 1. The molecular formula is C12H24N2O2Si. The average Bonchev–Trinajstić information content (AvgIpc) is 2.36. The van der Waals surface area contributed by atoms with Crippen LogP contribution in [0.4, 0.5) is 4.79 Å². The van der Waals surface area contributed by atoms with E-state index < -0.39 is 0 Å². The summed E-state index contributed by atoms with van der Waals surface area (Å²) in [6.45, 7) is 10.4. The molecule has 0 unspecified atom stereocenters. The molecule has 98 valence electrons. The van der Waals surface area contributed by atoms with E-state index in [1.165, 1.54) is 31.3 Å². The third kappa shape index (κ3) is 5.36. The zero-order chi connectivity index (χ0) is 12.5. The van der Waals surface area contributed by atoms with Crippen molar-refractivity contribution in [3.8, 4) is 0 Å². The Kier molecular flexibility index (Phi) is 6.96. The maximum absolute atomic E-state index is 11.4. The summed E-state index contributed by atoms with van der Waals surface area (Å²) in [5.41, 5.74) is 0. The molecule has 17 heavy (non-hydrogen) atoms. The van der Waals surface area contributed by atoms with E-state index in [1.807, 2.05) is 0 Å². The molecule has 0 radical (unpaired) electrons. The van der Waals surface area contributed by atoms with Crippen LogP contribution in [-0.2, 0) is 4.74 Å². The van der Waals surface area contributed by atoms with E-state index in [0.717, 1.165) is 26.2 Å². The van der Waals surface area contributed by atoms with Crippen molar-refractivity contribution in [3.05, 3.63) is 12.8 Å². The molecule has 1 aliphatic heterocycles. The van der Waals surface area contributed by atoms with Crippen LogP contribution in [0.2, 0.25) is 12.1 Å². The molecule has 1 fully saturated rings. The molecule has 0 spiro atoms. The van der Waals surface area contributed by atoms with Crippen molar-refractivity contribution in [2.45, 2.75) is 25.4 Å². The van der Waals surface area contributed by atoms with Gasteiger partial charge in [0.05, 0.1) is 6.26 Å². The lowest BCUT2D eigenvalue weighted by molar-refractivity contribution is 0.101. The van der Waals surface area contributed by atoms with E-state index in [-0.39, 0.29) is 15.6 Å².